The molecule has 5 heteroatoms. The number of hydrogen-bond acceptors (Lipinski definition) is 5. The van der Waals surface area contributed by atoms with E-state index in [-0.39, 0.29) is 0 Å². The van der Waals surface area contributed by atoms with Gasteiger partial charge in [0.25, 0.3) is 0 Å². The lowest BCUT2D eigenvalue weighted by Crippen LogP contribution is -2.00. The first-order valence-electron chi connectivity index (χ1n) is 5.05. The third-order valence-corrected chi connectivity index (χ3v) is 2.40. The highest BCUT2D eigenvalue weighted by molar-refractivity contribution is 5.75. The van der Waals surface area contributed by atoms with Crippen LogP contribution in [-0.4, -0.2) is 24.2 Å². The molecule has 0 saturated heterocycles. The predicted molar refractivity (Wildman–Crippen MR) is 65.0 cm³/mol. The minimum absolute atomic E-state index is 0.309. The zero-order valence-corrected chi connectivity index (χ0v) is 9.68. The van der Waals surface area contributed by atoms with Crippen LogP contribution in [0.1, 0.15) is 0 Å². The molecule has 17 heavy (non-hydrogen) atoms. The van der Waals surface area contributed by atoms with Gasteiger partial charge >= 0.3 is 0 Å². The summed E-state index contributed by atoms with van der Waals surface area (Å²) < 4.78 is 10.5. The van der Waals surface area contributed by atoms with Gasteiger partial charge in [0.1, 0.15) is 17.8 Å². The van der Waals surface area contributed by atoms with E-state index in [1.807, 2.05) is 24.3 Å². The highest BCUT2D eigenvalue weighted by Gasteiger charge is 2.14. The zero-order chi connectivity index (χ0) is 12.3. The lowest BCUT2D eigenvalue weighted by atomic mass is 10.1. The number of aromatic nitrogens is 2. The highest BCUT2D eigenvalue weighted by Crippen LogP contribution is 2.36. The van der Waals surface area contributed by atoms with E-state index in [1.165, 1.54) is 13.4 Å². The van der Waals surface area contributed by atoms with Crippen molar-refractivity contribution >= 4 is 5.82 Å². The smallest absolute Gasteiger partial charge is 0.187 e. The fourth-order valence-electron chi connectivity index (χ4n) is 1.62. The van der Waals surface area contributed by atoms with Gasteiger partial charge in [0.05, 0.1) is 14.2 Å². The van der Waals surface area contributed by atoms with Gasteiger partial charge in [0.15, 0.2) is 11.6 Å². The summed E-state index contributed by atoms with van der Waals surface area (Å²) in [6.07, 6.45) is 1.40. The highest BCUT2D eigenvalue weighted by atomic mass is 16.5. The molecule has 0 aliphatic carbocycles. The molecule has 0 atom stereocenters. The van der Waals surface area contributed by atoms with E-state index in [0.29, 0.717) is 23.0 Å². The molecule has 1 heterocycles. The predicted octanol–water partition coefficient (Wildman–Crippen LogP) is 1.74. The van der Waals surface area contributed by atoms with Crippen LogP contribution in [0.5, 0.6) is 11.5 Å². The first-order valence-corrected chi connectivity index (χ1v) is 5.05. The molecule has 0 radical (unpaired) electrons. The summed E-state index contributed by atoms with van der Waals surface area (Å²) in [5.41, 5.74) is 7.19. The minimum Gasteiger partial charge on any atom is -0.496 e. The van der Waals surface area contributed by atoms with Crippen LogP contribution in [0.4, 0.5) is 5.82 Å². The molecule has 88 valence electrons. The van der Waals surface area contributed by atoms with Crippen molar-refractivity contribution in [3.05, 3.63) is 30.6 Å². The fraction of sp³-hybridized carbons (Fsp3) is 0.167. The number of nitrogen functional groups attached to an aromatic ring is 1. The number of nitrogens with two attached hydrogens (primary N) is 1. The molecular formula is C12H13N3O2. The average molecular weight is 231 g/mol. The number of methoxy groups -OCH3 is 2. The van der Waals surface area contributed by atoms with Crippen molar-refractivity contribution in [2.24, 2.45) is 0 Å². The summed E-state index contributed by atoms with van der Waals surface area (Å²) in [5.74, 6) is 1.48. The Bertz CT molecular complexity index is 529. The Labute approximate surface area is 99.2 Å². The van der Waals surface area contributed by atoms with Gasteiger partial charge in [0, 0.05) is 5.56 Å². The normalized spacial score (nSPS) is 10.0. The zero-order valence-electron chi connectivity index (χ0n) is 9.68. The number of benzene rings is 1. The van der Waals surface area contributed by atoms with Crippen molar-refractivity contribution in [2.45, 2.75) is 0 Å². The van der Waals surface area contributed by atoms with E-state index in [0.717, 1.165) is 5.56 Å². The molecule has 2 rings (SSSR count). The van der Waals surface area contributed by atoms with Crippen molar-refractivity contribution in [1.82, 2.24) is 9.97 Å². The van der Waals surface area contributed by atoms with Gasteiger partial charge in [-0.25, -0.2) is 9.97 Å². The number of rotatable bonds is 3. The van der Waals surface area contributed by atoms with Gasteiger partial charge in [-0.1, -0.05) is 12.1 Å². The molecule has 1 aromatic heterocycles. The molecule has 0 fully saturated rings. The SMILES string of the molecule is COc1ccccc1-c1ncnc(N)c1OC. The number of anilines is 1. The Balaban J connectivity index is 2.64. The maximum atomic E-state index is 5.74. The second-order valence-electron chi connectivity index (χ2n) is 3.34. The number of para-hydroxylation sites is 1. The van der Waals surface area contributed by atoms with Crippen molar-refractivity contribution in [3.8, 4) is 22.8 Å². The van der Waals surface area contributed by atoms with Crippen molar-refractivity contribution < 1.29 is 9.47 Å². The standard InChI is InChI=1S/C12H13N3O2/c1-16-9-6-4-3-5-8(9)10-11(17-2)12(13)15-7-14-10/h3-7H,1-2H3,(H2,13,14,15). The van der Waals surface area contributed by atoms with Crippen LogP contribution in [0.15, 0.2) is 30.6 Å². The molecule has 2 aromatic rings. The topological polar surface area (TPSA) is 70.3 Å². The van der Waals surface area contributed by atoms with Gasteiger partial charge < -0.3 is 15.2 Å². The third kappa shape index (κ3) is 1.99. The van der Waals surface area contributed by atoms with Crippen LogP contribution in [0.3, 0.4) is 0 Å². The Kier molecular flexibility index (Phi) is 3.09. The summed E-state index contributed by atoms with van der Waals surface area (Å²) in [4.78, 5) is 8.09. The lowest BCUT2D eigenvalue weighted by molar-refractivity contribution is 0.409. The largest absolute Gasteiger partial charge is 0.496 e. The Morgan fingerprint density at radius 2 is 1.82 bits per heavy atom. The number of hydrogen-bond donors (Lipinski definition) is 1. The molecule has 0 aliphatic heterocycles. The molecule has 0 unspecified atom stereocenters. The van der Waals surface area contributed by atoms with Gasteiger partial charge in [-0.3, -0.25) is 0 Å². The van der Waals surface area contributed by atoms with Gasteiger partial charge in [-0.2, -0.15) is 0 Å². The van der Waals surface area contributed by atoms with E-state index in [2.05, 4.69) is 9.97 Å². The van der Waals surface area contributed by atoms with Crippen LogP contribution in [0.25, 0.3) is 11.3 Å². The van der Waals surface area contributed by atoms with Gasteiger partial charge in [-0.15, -0.1) is 0 Å². The van der Waals surface area contributed by atoms with Gasteiger partial charge in [0.2, 0.25) is 0 Å². The second-order valence-corrected chi connectivity index (χ2v) is 3.34. The summed E-state index contributed by atoms with van der Waals surface area (Å²) in [5, 5.41) is 0. The molecule has 1 aromatic carbocycles. The molecule has 2 N–H and O–H groups in total. The van der Waals surface area contributed by atoms with E-state index >= 15 is 0 Å². The number of ether oxygens (including phenoxy) is 2. The molecule has 0 bridgehead atoms. The molecule has 0 amide bonds. The first kappa shape index (κ1) is 11.2. The summed E-state index contributed by atoms with van der Waals surface area (Å²) in [6.45, 7) is 0. The van der Waals surface area contributed by atoms with Crippen molar-refractivity contribution in [3.63, 3.8) is 0 Å². The monoisotopic (exact) mass is 231 g/mol. The summed E-state index contributed by atoms with van der Waals surface area (Å²) in [7, 11) is 3.14. The Hall–Kier alpha value is -2.30. The van der Waals surface area contributed by atoms with E-state index in [9.17, 15) is 0 Å². The molecule has 5 nitrogen and oxygen atoms in total. The Morgan fingerprint density at radius 3 is 2.53 bits per heavy atom. The molecule has 0 spiro atoms. The van der Waals surface area contributed by atoms with Crippen LogP contribution in [0.2, 0.25) is 0 Å². The minimum atomic E-state index is 0.309. The average Bonchev–Trinajstić information content (AvgIpc) is 2.38. The second kappa shape index (κ2) is 4.69. The van der Waals surface area contributed by atoms with Crippen molar-refractivity contribution in [1.29, 1.82) is 0 Å². The van der Waals surface area contributed by atoms with Crippen molar-refractivity contribution in [2.75, 3.05) is 20.0 Å². The van der Waals surface area contributed by atoms with E-state index in [1.54, 1.807) is 7.11 Å². The van der Waals surface area contributed by atoms with Crippen LogP contribution >= 0.6 is 0 Å². The molecule has 0 aliphatic rings. The maximum Gasteiger partial charge on any atom is 0.187 e. The first-order chi connectivity index (χ1) is 8.27. The number of nitrogens with zero attached hydrogens (tertiary/aromatic N) is 2. The fourth-order valence-corrected chi connectivity index (χ4v) is 1.62. The van der Waals surface area contributed by atoms with Crippen LogP contribution in [0, 0.1) is 0 Å². The lowest BCUT2D eigenvalue weighted by Gasteiger charge is -2.11. The molecular weight excluding hydrogens is 218 g/mol. The quantitative estimate of drug-likeness (QED) is 0.871. The van der Waals surface area contributed by atoms with E-state index in [4.69, 9.17) is 15.2 Å². The van der Waals surface area contributed by atoms with E-state index < -0.39 is 0 Å². The summed E-state index contributed by atoms with van der Waals surface area (Å²) >= 11 is 0. The third-order valence-electron chi connectivity index (χ3n) is 2.40. The Morgan fingerprint density at radius 1 is 1.06 bits per heavy atom. The molecule has 0 saturated carbocycles. The summed E-state index contributed by atoms with van der Waals surface area (Å²) in [6, 6.07) is 7.53. The van der Waals surface area contributed by atoms with Gasteiger partial charge in [-0.05, 0) is 12.1 Å². The van der Waals surface area contributed by atoms with Crippen LogP contribution in [-0.2, 0) is 0 Å². The maximum absolute atomic E-state index is 5.74. The van der Waals surface area contributed by atoms with Crippen LogP contribution < -0.4 is 15.2 Å².